The Labute approximate surface area is 140 Å². The van der Waals surface area contributed by atoms with E-state index >= 15 is 0 Å². The van der Waals surface area contributed by atoms with E-state index in [1.54, 1.807) is 13.8 Å². The molecule has 0 fully saturated rings. The first kappa shape index (κ1) is 19.1. The lowest BCUT2D eigenvalue weighted by molar-refractivity contribution is -0.147. The van der Waals surface area contributed by atoms with E-state index in [9.17, 15) is 26.7 Å². The van der Waals surface area contributed by atoms with Crippen molar-refractivity contribution in [1.29, 1.82) is 0 Å². The Bertz CT molecular complexity index is 782. The second-order valence-corrected chi connectivity index (χ2v) is 5.84. The average molecular weight is 364 g/mol. The van der Waals surface area contributed by atoms with E-state index in [0.29, 0.717) is 0 Å². The molecular formula is C15H17F5N4O. The second-order valence-electron chi connectivity index (χ2n) is 5.84. The van der Waals surface area contributed by atoms with Gasteiger partial charge in [-0.2, -0.15) is 13.2 Å². The summed E-state index contributed by atoms with van der Waals surface area (Å²) in [7, 11) is 0. The molecule has 0 saturated carbocycles. The molecule has 0 spiro atoms. The molecule has 25 heavy (non-hydrogen) atoms. The van der Waals surface area contributed by atoms with Crippen molar-refractivity contribution in [3.63, 3.8) is 0 Å². The predicted octanol–water partition coefficient (Wildman–Crippen LogP) is 2.96. The van der Waals surface area contributed by atoms with Crippen molar-refractivity contribution in [2.75, 3.05) is 13.1 Å². The normalized spacial score (nSPS) is 12.8. The summed E-state index contributed by atoms with van der Waals surface area (Å²) in [6, 6.07) is 3.20. The van der Waals surface area contributed by atoms with Gasteiger partial charge in [0.05, 0.1) is 24.1 Å². The molecular weight excluding hydrogens is 347 g/mol. The number of hydrogen-bond acceptors (Lipinski definition) is 3. The van der Waals surface area contributed by atoms with Gasteiger partial charge in [-0.05, 0) is 32.0 Å². The van der Waals surface area contributed by atoms with Gasteiger partial charge >= 0.3 is 6.18 Å². The summed E-state index contributed by atoms with van der Waals surface area (Å²) in [6.45, 7) is 1.26. The van der Waals surface area contributed by atoms with Gasteiger partial charge in [-0.1, -0.05) is 0 Å². The minimum atomic E-state index is -4.66. The minimum Gasteiger partial charge on any atom is -0.346 e. The molecule has 3 N–H and O–H groups in total. The van der Waals surface area contributed by atoms with Gasteiger partial charge in [-0.25, -0.2) is 13.8 Å². The first-order valence-corrected chi connectivity index (χ1v) is 7.41. The third kappa shape index (κ3) is 4.06. The van der Waals surface area contributed by atoms with E-state index in [1.165, 1.54) is 12.1 Å². The van der Waals surface area contributed by atoms with Crippen molar-refractivity contribution < 1.29 is 26.7 Å². The minimum absolute atomic E-state index is 0.0424. The van der Waals surface area contributed by atoms with Crippen LogP contribution >= 0.6 is 0 Å². The van der Waals surface area contributed by atoms with Crippen molar-refractivity contribution >= 4 is 16.9 Å². The van der Waals surface area contributed by atoms with Crippen LogP contribution in [0.2, 0.25) is 0 Å². The molecule has 0 unspecified atom stereocenters. The molecule has 1 aromatic heterocycles. The number of aromatic nitrogens is 2. The Morgan fingerprint density at radius 1 is 1.28 bits per heavy atom. The second kappa shape index (κ2) is 6.58. The van der Waals surface area contributed by atoms with Crippen LogP contribution in [0.25, 0.3) is 11.0 Å². The lowest BCUT2D eigenvalue weighted by Crippen LogP contribution is -2.41. The van der Waals surface area contributed by atoms with E-state index in [2.05, 4.69) is 4.98 Å². The zero-order chi connectivity index (χ0) is 19.0. The van der Waals surface area contributed by atoms with Crippen molar-refractivity contribution in [2.45, 2.75) is 32.0 Å². The quantitative estimate of drug-likeness (QED) is 0.802. The Kier molecular flexibility index (Phi) is 5.03. The summed E-state index contributed by atoms with van der Waals surface area (Å²) in [5.41, 5.74) is 4.96. The smallest absolute Gasteiger partial charge is 0.346 e. The molecule has 0 aliphatic heterocycles. The van der Waals surface area contributed by atoms with Gasteiger partial charge in [0.15, 0.2) is 0 Å². The number of nitrogens with two attached hydrogens (primary N) is 1. The topological polar surface area (TPSA) is 72.9 Å². The number of alkyl halides is 5. The number of nitrogens with one attached hydrogen (secondary N) is 1. The summed E-state index contributed by atoms with van der Waals surface area (Å²) in [6.07, 6.45) is -4.66. The maximum atomic E-state index is 13.1. The molecule has 0 aliphatic rings. The third-order valence-corrected chi connectivity index (χ3v) is 3.53. The highest BCUT2D eigenvalue weighted by molar-refractivity contribution is 5.97. The van der Waals surface area contributed by atoms with Gasteiger partial charge < -0.3 is 15.6 Å². The number of halogens is 5. The summed E-state index contributed by atoms with van der Waals surface area (Å²) < 4.78 is 66.6. The maximum Gasteiger partial charge on any atom is 0.449 e. The molecule has 138 valence electrons. The van der Waals surface area contributed by atoms with E-state index < -0.39 is 43.0 Å². The Hall–Kier alpha value is -2.23. The van der Waals surface area contributed by atoms with Gasteiger partial charge in [0.1, 0.15) is 0 Å². The van der Waals surface area contributed by atoms with Crippen LogP contribution < -0.4 is 11.1 Å². The zero-order valence-corrected chi connectivity index (χ0v) is 13.5. The SMILES string of the molecule is CC(C)n1c(C(F)(F)F)nc2cc(C(=O)NCC(F)(F)CN)ccc21. The standard InChI is InChI=1S/C15H17F5N4O/c1-8(2)24-11-4-3-9(12(25)22-7-14(16,17)6-21)5-10(11)23-13(24)15(18,19)20/h3-5,8H,6-7,21H2,1-2H3,(H,22,25). The number of amides is 1. The monoisotopic (exact) mass is 364 g/mol. The number of carbonyl (C=O) groups excluding carboxylic acids is 1. The summed E-state index contributed by atoms with van der Waals surface area (Å²) in [5, 5.41) is 2.00. The molecule has 5 nitrogen and oxygen atoms in total. The molecule has 0 aliphatic carbocycles. The van der Waals surface area contributed by atoms with Gasteiger partial charge in [0.2, 0.25) is 5.82 Å². The Morgan fingerprint density at radius 2 is 1.92 bits per heavy atom. The molecule has 10 heteroatoms. The fourth-order valence-electron chi connectivity index (χ4n) is 2.35. The highest BCUT2D eigenvalue weighted by atomic mass is 19.4. The summed E-state index contributed by atoms with van der Waals surface area (Å²) in [4.78, 5) is 15.5. The molecule has 1 aromatic carbocycles. The molecule has 1 amide bonds. The fourth-order valence-corrected chi connectivity index (χ4v) is 2.35. The van der Waals surface area contributed by atoms with Gasteiger partial charge in [-0.3, -0.25) is 4.79 Å². The summed E-state index contributed by atoms with van der Waals surface area (Å²) >= 11 is 0. The first-order valence-electron chi connectivity index (χ1n) is 7.41. The zero-order valence-electron chi connectivity index (χ0n) is 13.5. The van der Waals surface area contributed by atoms with Crippen LogP contribution in [0.1, 0.15) is 36.1 Å². The number of fused-ring (bicyclic) bond motifs is 1. The number of rotatable bonds is 5. The lowest BCUT2D eigenvalue weighted by Gasteiger charge is -2.15. The van der Waals surface area contributed by atoms with E-state index in [1.807, 2.05) is 5.32 Å². The van der Waals surface area contributed by atoms with Crippen LogP contribution in [0.15, 0.2) is 18.2 Å². The van der Waals surface area contributed by atoms with Gasteiger partial charge in [-0.15, -0.1) is 0 Å². The highest BCUT2D eigenvalue weighted by Crippen LogP contribution is 2.33. The van der Waals surface area contributed by atoms with Crippen LogP contribution in [-0.2, 0) is 6.18 Å². The molecule has 0 atom stereocenters. The molecule has 0 bridgehead atoms. The molecule has 2 rings (SSSR count). The number of benzene rings is 1. The Morgan fingerprint density at radius 3 is 2.44 bits per heavy atom. The van der Waals surface area contributed by atoms with Gasteiger partial charge in [0, 0.05) is 11.6 Å². The van der Waals surface area contributed by atoms with E-state index in [-0.39, 0.29) is 16.6 Å². The first-order chi connectivity index (χ1) is 11.5. The number of nitrogens with zero attached hydrogens (tertiary/aromatic N) is 2. The molecule has 2 aromatic rings. The fraction of sp³-hybridized carbons (Fsp3) is 0.467. The van der Waals surface area contributed by atoms with Crippen molar-refractivity contribution in [3.8, 4) is 0 Å². The van der Waals surface area contributed by atoms with Crippen LogP contribution in [0.4, 0.5) is 22.0 Å². The maximum absolute atomic E-state index is 13.1. The van der Waals surface area contributed by atoms with Crippen LogP contribution in [0.5, 0.6) is 0 Å². The Balaban J connectivity index is 2.39. The lowest BCUT2D eigenvalue weighted by atomic mass is 10.1. The third-order valence-electron chi connectivity index (χ3n) is 3.53. The molecule has 0 saturated heterocycles. The van der Waals surface area contributed by atoms with Crippen molar-refractivity contribution in [1.82, 2.24) is 14.9 Å². The largest absolute Gasteiger partial charge is 0.449 e. The van der Waals surface area contributed by atoms with E-state index in [0.717, 1.165) is 10.6 Å². The van der Waals surface area contributed by atoms with Gasteiger partial charge in [0.25, 0.3) is 11.8 Å². The van der Waals surface area contributed by atoms with Crippen molar-refractivity contribution in [2.24, 2.45) is 5.73 Å². The van der Waals surface area contributed by atoms with Crippen LogP contribution in [0.3, 0.4) is 0 Å². The number of carbonyl (C=O) groups is 1. The summed E-state index contributed by atoms with van der Waals surface area (Å²) in [5.74, 6) is -5.19. The van der Waals surface area contributed by atoms with Crippen LogP contribution in [0, 0.1) is 0 Å². The molecule has 1 heterocycles. The predicted molar refractivity (Wildman–Crippen MR) is 81.5 cm³/mol. The average Bonchev–Trinajstić information content (AvgIpc) is 2.91. The number of hydrogen-bond donors (Lipinski definition) is 2. The highest BCUT2D eigenvalue weighted by Gasteiger charge is 2.38. The molecule has 0 radical (unpaired) electrons. The van der Waals surface area contributed by atoms with Crippen molar-refractivity contribution in [3.05, 3.63) is 29.6 Å². The van der Waals surface area contributed by atoms with Crippen LogP contribution in [-0.4, -0.2) is 34.5 Å². The van der Waals surface area contributed by atoms with E-state index in [4.69, 9.17) is 5.73 Å². The number of imidazole rings is 1.